The molecule has 2 rings (SSSR count). The molecule has 2 N–H and O–H groups in total. The maximum absolute atomic E-state index is 12.1. The van der Waals surface area contributed by atoms with E-state index in [-0.39, 0.29) is 11.8 Å². The fourth-order valence-corrected chi connectivity index (χ4v) is 2.85. The van der Waals surface area contributed by atoms with Gasteiger partial charge in [0.1, 0.15) is 5.60 Å². The van der Waals surface area contributed by atoms with Crippen LogP contribution in [0, 0.1) is 5.92 Å². The minimum absolute atomic E-state index is 0.122. The van der Waals surface area contributed by atoms with E-state index < -0.39 is 5.60 Å². The van der Waals surface area contributed by atoms with Crippen LogP contribution in [0.15, 0.2) is 0 Å². The lowest BCUT2D eigenvalue weighted by atomic mass is 9.90. The molecule has 0 aromatic rings. The molecule has 4 nitrogen and oxygen atoms in total. The van der Waals surface area contributed by atoms with Crippen molar-refractivity contribution in [3.8, 4) is 0 Å². The zero-order chi connectivity index (χ0) is 12.8. The van der Waals surface area contributed by atoms with Gasteiger partial charge in [0.2, 0.25) is 5.91 Å². The van der Waals surface area contributed by atoms with Crippen molar-refractivity contribution >= 4 is 5.91 Å². The molecule has 2 fully saturated rings. The largest absolute Gasteiger partial charge is 0.386 e. The lowest BCUT2D eigenvalue weighted by Gasteiger charge is -2.24. The van der Waals surface area contributed by atoms with Gasteiger partial charge < -0.3 is 15.2 Å². The molecule has 0 bridgehead atoms. The van der Waals surface area contributed by atoms with Crippen LogP contribution in [0.1, 0.15) is 51.4 Å². The second-order valence-corrected chi connectivity index (χ2v) is 5.79. The first-order valence-corrected chi connectivity index (χ1v) is 7.27. The van der Waals surface area contributed by atoms with Gasteiger partial charge in [0, 0.05) is 25.5 Å². The van der Waals surface area contributed by atoms with Crippen molar-refractivity contribution in [2.24, 2.45) is 5.92 Å². The highest BCUT2D eigenvalue weighted by Crippen LogP contribution is 2.23. The average molecular weight is 255 g/mol. The molecule has 0 aromatic carbocycles. The van der Waals surface area contributed by atoms with Crippen LogP contribution < -0.4 is 5.32 Å². The summed E-state index contributed by atoms with van der Waals surface area (Å²) in [4.78, 5) is 12.1. The number of aliphatic hydroxyl groups is 1. The summed E-state index contributed by atoms with van der Waals surface area (Å²) in [5.41, 5.74) is -0.836. The number of hydrogen-bond acceptors (Lipinski definition) is 3. The number of rotatable bonds is 3. The Balaban J connectivity index is 1.75. The number of ether oxygens (including phenoxy) is 1. The number of carbonyl (C=O) groups excluding carboxylic acids is 1. The van der Waals surface area contributed by atoms with Gasteiger partial charge >= 0.3 is 0 Å². The fraction of sp³-hybridized carbons (Fsp3) is 0.929. The quantitative estimate of drug-likeness (QED) is 0.805. The second-order valence-electron chi connectivity index (χ2n) is 5.79. The molecule has 4 heteroatoms. The Kier molecular flexibility index (Phi) is 5.01. The first kappa shape index (κ1) is 13.8. The van der Waals surface area contributed by atoms with E-state index in [1.807, 2.05) is 0 Å². The molecule has 1 atom stereocenters. The van der Waals surface area contributed by atoms with Crippen LogP contribution >= 0.6 is 0 Å². The first-order valence-electron chi connectivity index (χ1n) is 7.27. The van der Waals surface area contributed by atoms with E-state index in [9.17, 15) is 9.90 Å². The van der Waals surface area contributed by atoms with Gasteiger partial charge in [-0.05, 0) is 12.8 Å². The topological polar surface area (TPSA) is 58.6 Å². The standard InChI is InChI=1S/C14H25NO3/c16-13(12-6-4-2-1-3-5-7-12)15-10-14(17)8-9-18-11-14/h12,17H,1-11H2,(H,15,16). The van der Waals surface area contributed by atoms with Gasteiger partial charge in [0.15, 0.2) is 0 Å². The number of hydrogen-bond donors (Lipinski definition) is 2. The van der Waals surface area contributed by atoms with Crippen molar-refractivity contribution in [1.29, 1.82) is 0 Å². The van der Waals surface area contributed by atoms with Gasteiger partial charge in [-0.25, -0.2) is 0 Å². The summed E-state index contributed by atoms with van der Waals surface area (Å²) in [5.74, 6) is 0.272. The van der Waals surface area contributed by atoms with Crippen LogP contribution in [-0.2, 0) is 9.53 Å². The molecule has 1 heterocycles. The summed E-state index contributed by atoms with van der Waals surface area (Å²) >= 11 is 0. The van der Waals surface area contributed by atoms with Crippen molar-refractivity contribution in [2.45, 2.75) is 57.0 Å². The van der Waals surface area contributed by atoms with Crippen molar-refractivity contribution in [3.05, 3.63) is 0 Å². The lowest BCUT2D eigenvalue weighted by Crippen LogP contribution is -2.45. The van der Waals surface area contributed by atoms with Crippen molar-refractivity contribution in [2.75, 3.05) is 19.8 Å². The maximum atomic E-state index is 12.1. The smallest absolute Gasteiger partial charge is 0.223 e. The molecule has 0 radical (unpaired) electrons. The summed E-state index contributed by atoms with van der Waals surface area (Å²) < 4.78 is 5.17. The van der Waals surface area contributed by atoms with Crippen LogP contribution in [0.4, 0.5) is 0 Å². The number of carbonyl (C=O) groups is 1. The summed E-state index contributed by atoms with van der Waals surface area (Å²) in [5, 5.41) is 13.0. The van der Waals surface area contributed by atoms with E-state index >= 15 is 0 Å². The highest BCUT2D eigenvalue weighted by Gasteiger charge is 2.33. The Morgan fingerprint density at radius 2 is 1.89 bits per heavy atom. The molecule has 1 aliphatic carbocycles. The Morgan fingerprint density at radius 1 is 1.22 bits per heavy atom. The molecule has 2 aliphatic rings. The van der Waals surface area contributed by atoms with Crippen LogP contribution in [-0.4, -0.2) is 36.4 Å². The lowest BCUT2D eigenvalue weighted by molar-refractivity contribution is -0.126. The highest BCUT2D eigenvalue weighted by atomic mass is 16.5. The Morgan fingerprint density at radius 3 is 2.50 bits per heavy atom. The summed E-state index contributed by atoms with van der Waals surface area (Å²) in [6.45, 7) is 1.27. The summed E-state index contributed by atoms with van der Waals surface area (Å²) in [6, 6.07) is 0. The molecule has 1 saturated heterocycles. The van der Waals surface area contributed by atoms with Crippen LogP contribution in [0.3, 0.4) is 0 Å². The Bertz CT molecular complexity index is 266. The average Bonchev–Trinajstić information content (AvgIpc) is 2.73. The third kappa shape index (κ3) is 3.95. The maximum Gasteiger partial charge on any atom is 0.223 e. The SMILES string of the molecule is O=C(NCC1(O)CCOC1)C1CCCCCCC1. The van der Waals surface area contributed by atoms with Crippen LogP contribution in [0.2, 0.25) is 0 Å². The third-order valence-corrected chi connectivity index (χ3v) is 4.15. The molecular formula is C14H25NO3. The van der Waals surface area contributed by atoms with E-state index in [2.05, 4.69) is 5.32 Å². The minimum atomic E-state index is -0.836. The molecule has 1 unspecified atom stereocenters. The number of amides is 1. The zero-order valence-electron chi connectivity index (χ0n) is 11.1. The van der Waals surface area contributed by atoms with Gasteiger partial charge in [-0.2, -0.15) is 0 Å². The van der Waals surface area contributed by atoms with Gasteiger partial charge in [-0.3, -0.25) is 4.79 Å². The van der Waals surface area contributed by atoms with E-state index in [0.717, 1.165) is 25.7 Å². The van der Waals surface area contributed by atoms with Gasteiger partial charge in [0.25, 0.3) is 0 Å². The predicted octanol–water partition coefficient (Wildman–Crippen LogP) is 1.61. The molecule has 0 aromatic heterocycles. The monoisotopic (exact) mass is 255 g/mol. The minimum Gasteiger partial charge on any atom is -0.386 e. The molecule has 1 aliphatic heterocycles. The normalized spacial score (nSPS) is 30.7. The fourth-order valence-electron chi connectivity index (χ4n) is 2.85. The Labute approximate surface area is 109 Å². The van der Waals surface area contributed by atoms with Gasteiger partial charge in [0.05, 0.1) is 6.61 Å². The van der Waals surface area contributed by atoms with Crippen molar-refractivity contribution in [3.63, 3.8) is 0 Å². The molecule has 104 valence electrons. The molecule has 0 spiro atoms. The van der Waals surface area contributed by atoms with E-state index in [1.165, 1.54) is 19.3 Å². The van der Waals surface area contributed by atoms with E-state index in [4.69, 9.17) is 4.74 Å². The highest BCUT2D eigenvalue weighted by molar-refractivity contribution is 5.78. The zero-order valence-corrected chi connectivity index (χ0v) is 11.1. The predicted molar refractivity (Wildman–Crippen MR) is 69.2 cm³/mol. The molecular weight excluding hydrogens is 230 g/mol. The van der Waals surface area contributed by atoms with E-state index in [0.29, 0.717) is 26.2 Å². The number of nitrogens with one attached hydrogen (secondary N) is 1. The third-order valence-electron chi connectivity index (χ3n) is 4.15. The molecule has 18 heavy (non-hydrogen) atoms. The van der Waals surface area contributed by atoms with Gasteiger partial charge in [-0.15, -0.1) is 0 Å². The van der Waals surface area contributed by atoms with Crippen LogP contribution in [0.5, 0.6) is 0 Å². The van der Waals surface area contributed by atoms with E-state index in [1.54, 1.807) is 0 Å². The van der Waals surface area contributed by atoms with Gasteiger partial charge in [-0.1, -0.05) is 32.1 Å². The summed E-state index contributed by atoms with van der Waals surface area (Å²) in [7, 11) is 0. The second kappa shape index (κ2) is 6.53. The molecule has 1 amide bonds. The summed E-state index contributed by atoms with van der Waals surface area (Å²) in [6.07, 6.45) is 8.75. The van der Waals surface area contributed by atoms with Crippen molar-refractivity contribution < 1.29 is 14.6 Å². The first-order chi connectivity index (χ1) is 8.70. The van der Waals surface area contributed by atoms with Crippen LogP contribution in [0.25, 0.3) is 0 Å². The Hall–Kier alpha value is -0.610. The molecule has 1 saturated carbocycles. The van der Waals surface area contributed by atoms with Crippen molar-refractivity contribution in [1.82, 2.24) is 5.32 Å².